The van der Waals surface area contributed by atoms with Gasteiger partial charge in [-0.1, -0.05) is 37.6 Å². The first-order valence-corrected chi connectivity index (χ1v) is 13.7. The molecule has 0 aliphatic carbocycles. The van der Waals surface area contributed by atoms with Gasteiger partial charge in [0.1, 0.15) is 0 Å². The van der Waals surface area contributed by atoms with E-state index in [1.807, 2.05) is 23.1 Å². The molecule has 198 valence electrons. The molecule has 7 heteroatoms. The van der Waals surface area contributed by atoms with E-state index >= 15 is 0 Å². The van der Waals surface area contributed by atoms with Crippen LogP contribution in [0.15, 0.2) is 36.4 Å². The first-order valence-electron chi connectivity index (χ1n) is 13.7. The number of nitrogens with one attached hydrogen (secondary N) is 1. The van der Waals surface area contributed by atoms with Crippen molar-refractivity contribution in [1.82, 2.24) is 15.1 Å². The minimum Gasteiger partial charge on any atom is -0.493 e. The summed E-state index contributed by atoms with van der Waals surface area (Å²) in [6, 6.07) is 12.1. The zero-order valence-electron chi connectivity index (χ0n) is 22.3. The Hall–Kier alpha value is -3.06. The number of rotatable bonds is 8. The molecule has 0 unspecified atom stereocenters. The van der Waals surface area contributed by atoms with Crippen molar-refractivity contribution in [2.75, 3.05) is 40.4 Å². The minimum atomic E-state index is -0.521. The van der Waals surface area contributed by atoms with Gasteiger partial charge < -0.3 is 24.6 Å². The molecule has 3 aliphatic heterocycles. The van der Waals surface area contributed by atoms with E-state index in [0.717, 1.165) is 31.5 Å². The van der Waals surface area contributed by atoms with Gasteiger partial charge in [-0.05, 0) is 67.5 Å². The number of ether oxygens (including phenoxy) is 2. The van der Waals surface area contributed by atoms with E-state index in [9.17, 15) is 9.59 Å². The summed E-state index contributed by atoms with van der Waals surface area (Å²) in [6.07, 6.45) is 6.73. The normalized spacial score (nSPS) is 23.1. The van der Waals surface area contributed by atoms with Crippen molar-refractivity contribution < 1.29 is 19.1 Å². The van der Waals surface area contributed by atoms with Gasteiger partial charge >= 0.3 is 0 Å². The summed E-state index contributed by atoms with van der Waals surface area (Å²) in [5.74, 6) is 0.401. The van der Waals surface area contributed by atoms with Crippen molar-refractivity contribution in [1.29, 1.82) is 0 Å². The molecule has 0 bridgehead atoms. The highest BCUT2D eigenvalue weighted by Gasteiger charge is 2.46. The van der Waals surface area contributed by atoms with Crippen molar-refractivity contribution in [3.8, 4) is 11.5 Å². The lowest BCUT2D eigenvalue weighted by molar-refractivity contribution is -0.124. The Bertz CT molecular complexity index is 1150. The third-order valence-corrected chi connectivity index (χ3v) is 8.45. The van der Waals surface area contributed by atoms with E-state index in [4.69, 9.17) is 9.47 Å². The van der Waals surface area contributed by atoms with Gasteiger partial charge in [0.25, 0.3) is 5.91 Å². The number of amides is 2. The number of hydrogen-bond acceptors (Lipinski definition) is 5. The van der Waals surface area contributed by atoms with Gasteiger partial charge in [0.05, 0.1) is 26.2 Å². The Morgan fingerprint density at radius 2 is 1.84 bits per heavy atom. The van der Waals surface area contributed by atoms with E-state index in [2.05, 4.69) is 29.3 Å². The van der Waals surface area contributed by atoms with E-state index in [1.54, 1.807) is 20.3 Å². The van der Waals surface area contributed by atoms with Crippen LogP contribution in [0.5, 0.6) is 11.5 Å². The first kappa shape index (κ1) is 25.6. The molecule has 0 radical (unpaired) electrons. The monoisotopic (exact) mass is 505 g/mol. The maximum absolute atomic E-state index is 13.9. The van der Waals surface area contributed by atoms with Crippen molar-refractivity contribution >= 4 is 11.8 Å². The highest BCUT2D eigenvalue weighted by molar-refractivity contribution is 6.02. The van der Waals surface area contributed by atoms with Crippen LogP contribution in [0.25, 0.3) is 0 Å². The summed E-state index contributed by atoms with van der Waals surface area (Å²) >= 11 is 0. The molecule has 3 atom stereocenters. The van der Waals surface area contributed by atoms with Crippen molar-refractivity contribution in [2.24, 2.45) is 0 Å². The summed E-state index contributed by atoms with van der Waals surface area (Å²) in [7, 11) is 3.14. The molecule has 2 aromatic rings. The zero-order valence-corrected chi connectivity index (χ0v) is 22.3. The van der Waals surface area contributed by atoms with Crippen LogP contribution < -0.4 is 14.8 Å². The molecule has 37 heavy (non-hydrogen) atoms. The van der Waals surface area contributed by atoms with Crippen LogP contribution >= 0.6 is 0 Å². The number of carbonyl (C=O) groups is 2. The number of likely N-dealkylation sites (tertiary alicyclic amines) is 1. The number of fused-ring (bicyclic) bond motifs is 4. The molecular formula is C30H39N3O4. The van der Waals surface area contributed by atoms with E-state index in [-0.39, 0.29) is 17.9 Å². The lowest BCUT2D eigenvalue weighted by Gasteiger charge is -2.45. The van der Waals surface area contributed by atoms with Gasteiger partial charge in [0.2, 0.25) is 5.91 Å². The van der Waals surface area contributed by atoms with Crippen LogP contribution in [0.1, 0.15) is 78.0 Å². The third kappa shape index (κ3) is 4.81. The fraction of sp³-hybridized carbons (Fsp3) is 0.533. The molecule has 3 heterocycles. The zero-order chi connectivity index (χ0) is 25.9. The average Bonchev–Trinajstić information content (AvgIpc) is 2.94. The summed E-state index contributed by atoms with van der Waals surface area (Å²) in [5.41, 5.74) is 3.49. The lowest BCUT2D eigenvalue weighted by Crippen LogP contribution is -2.50. The van der Waals surface area contributed by atoms with Crippen LogP contribution in [-0.4, -0.2) is 68.1 Å². The highest BCUT2D eigenvalue weighted by Crippen LogP contribution is 2.48. The van der Waals surface area contributed by atoms with Gasteiger partial charge in [-0.3, -0.25) is 9.59 Å². The van der Waals surface area contributed by atoms with Gasteiger partial charge in [-0.2, -0.15) is 0 Å². The van der Waals surface area contributed by atoms with E-state index < -0.39 is 5.92 Å². The van der Waals surface area contributed by atoms with Gasteiger partial charge in [0, 0.05) is 31.2 Å². The van der Waals surface area contributed by atoms with Crippen LogP contribution in [0.2, 0.25) is 0 Å². The predicted octanol–water partition coefficient (Wildman–Crippen LogP) is 4.31. The Kier molecular flexibility index (Phi) is 7.70. The Morgan fingerprint density at radius 1 is 1.05 bits per heavy atom. The van der Waals surface area contributed by atoms with Crippen LogP contribution in [0.4, 0.5) is 0 Å². The molecule has 1 saturated heterocycles. The average molecular weight is 506 g/mol. The molecule has 5 rings (SSSR count). The van der Waals surface area contributed by atoms with Crippen LogP contribution in [0.3, 0.4) is 0 Å². The number of benzene rings is 2. The topological polar surface area (TPSA) is 71.1 Å². The van der Waals surface area contributed by atoms with Crippen molar-refractivity contribution in [2.45, 2.75) is 63.5 Å². The van der Waals surface area contributed by atoms with E-state index in [0.29, 0.717) is 41.8 Å². The fourth-order valence-corrected chi connectivity index (χ4v) is 6.55. The van der Waals surface area contributed by atoms with Gasteiger partial charge in [0.15, 0.2) is 11.5 Å². The molecule has 7 nitrogen and oxygen atoms in total. The summed E-state index contributed by atoms with van der Waals surface area (Å²) in [6.45, 7) is 5.63. The highest BCUT2D eigenvalue weighted by atomic mass is 16.5. The Balaban J connectivity index is 1.42. The smallest absolute Gasteiger partial charge is 0.254 e. The van der Waals surface area contributed by atoms with Gasteiger partial charge in [-0.15, -0.1) is 0 Å². The van der Waals surface area contributed by atoms with Crippen molar-refractivity contribution in [3.63, 3.8) is 0 Å². The molecule has 3 aliphatic rings. The molecule has 2 amide bonds. The maximum Gasteiger partial charge on any atom is 0.254 e. The molecule has 0 aromatic heterocycles. The molecule has 1 fully saturated rings. The number of nitrogens with zero attached hydrogens (tertiary/aromatic N) is 2. The summed E-state index contributed by atoms with van der Waals surface area (Å²) in [4.78, 5) is 32.1. The third-order valence-electron chi connectivity index (χ3n) is 8.45. The van der Waals surface area contributed by atoms with Crippen LogP contribution in [0, 0.1) is 0 Å². The van der Waals surface area contributed by atoms with Gasteiger partial charge in [-0.25, -0.2) is 0 Å². The number of hydrogen-bond donors (Lipinski definition) is 1. The largest absolute Gasteiger partial charge is 0.493 e. The SMILES string of the molecule is CC[C@@H]1CCCCN1CCCNC(=O)[C@H]1c2cc(OC)c(OC)cc2C(=O)N2CCc3ccccc3[C@H]12. The summed E-state index contributed by atoms with van der Waals surface area (Å²) in [5, 5.41) is 3.23. The maximum atomic E-state index is 13.9. The second kappa shape index (κ2) is 11.1. The molecule has 1 N–H and O–H groups in total. The second-order valence-electron chi connectivity index (χ2n) is 10.4. The number of methoxy groups -OCH3 is 2. The Morgan fingerprint density at radius 3 is 2.62 bits per heavy atom. The molecular weight excluding hydrogens is 466 g/mol. The quantitative estimate of drug-likeness (QED) is 0.542. The van der Waals surface area contributed by atoms with Crippen LogP contribution in [-0.2, 0) is 11.2 Å². The summed E-state index contributed by atoms with van der Waals surface area (Å²) < 4.78 is 11.1. The fourth-order valence-electron chi connectivity index (χ4n) is 6.55. The first-order chi connectivity index (χ1) is 18.1. The minimum absolute atomic E-state index is 0.0432. The lowest BCUT2D eigenvalue weighted by atomic mass is 9.75. The van der Waals surface area contributed by atoms with Crippen molar-refractivity contribution in [3.05, 3.63) is 58.7 Å². The Labute approximate surface area is 220 Å². The molecule has 2 aromatic carbocycles. The second-order valence-corrected chi connectivity index (χ2v) is 10.4. The standard InChI is InChI=1S/C30H39N3O4/c1-4-21-11-7-8-15-32(21)16-9-14-31-29(34)27-23-18-25(36-2)26(37-3)19-24(23)30(35)33-17-13-20-10-5-6-12-22(20)28(27)33/h5-6,10,12,18-19,21,27-28H,4,7-9,11,13-17H2,1-3H3,(H,31,34)/t21-,27+,28-/m1/s1. The molecule has 0 saturated carbocycles. The number of piperidine rings is 1. The van der Waals surface area contributed by atoms with E-state index in [1.165, 1.54) is 31.2 Å². The molecule has 0 spiro atoms. The predicted molar refractivity (Wildman–Crippen MR) is 143 cm³/mol. The number of carbonyl (C=O) groups excluding carboxylic acids is 2.